The minimum atomic E-state index is 0.0841. The molecule has 1 aromatic rings. The van der Waals surface area contributed by atoms with Crippen LogP contribution in [0.15, 0.2) is 5.16 Å². The van der Waals surface area contributed by atoms with E-state index < -0.39 is 0 Å². The third kappa shape index (κ3) is 1.91. The number of rotatable bonds is 1. The molecule has 1 aromatic heterocycles. The highest BCUT2D eigenvalue weighted by molar-refractivity contribution is 5.88. The van der Waals surface area contributed by atoms with Crippen molar-refractivity contribution in [2.24, 2.45) is 5.16 Å². The van der Waals surface area contributed by atoms with Gasteiger partial charge in [0, 0.05) is 19.8 Å². The van der Waals surface area contributed by atoms with Gasteiger partial charge in [0.25, 0.3) is 5.82 Å². The molecule has 104 valence electrons. The summed E-state index contributed by atoms with van der Waals surface area (Å²) < 4.78 is 3.24. The summed E-state index contributed by atoms with van der Waals surface area (Å²) in [5.41, 5.74) is 2.94. The Labute approximate surface area is 113 Å². The van der Waals surface area contributed by atoms with Crippen molar-refractivity contribution in [3.8, 4) is 0 Å². The van der Waals surface area contributed by atoms with Crippen LogP contribution in [0, 0.1) is 12.1 Å². The lowest BCUT2D eigenvalue weighted by atomic mass is 9.92. The Kier molecular flexibility index (Phi) is 3.21. The molecular weight excluding hydrogens is 242 g/mol. The number of hydrogen-bond donors (Lipinski definition) is 1. The largest absolute Gasteiger partial charge is 0.711 e. The van der Waals surface area contributed by atoms with Gasteiger partial charge in [0.2, 0.25) is 0 Å². The Hall–Kier alpha value is -1.52. The SMILES string of the molecule is Cc1n(C2CCCCC2=NO)c2c([n+]1[O-])CCCC2. The van der Waals surface area contributed by atoms with E-state index in [0.29, 0.717) is 0 Å². The molecule has 1 unspecified atom stereocenters. The summed E-state index contributed by atoms with van der Waals surface area (Å²) in [5, 5.41) is 25.0. The first-order valence-electron chi connectivity index (χ1n) is 7.27. The van der Waals surface area contributed by atoms with Gasteiger partial charge >= 0.3 is 0 Å². The second-order valence-electron chi connectivity index (χ2n) is 5.67. The van der Waals surface area contributed by atoms with E-state index >= 15 is 0 Å². The van der Waals surface area contributed by atoms with Crippen molar-refractivity contribution in [1.82, 2.24) is 4.57 Å². The topological polar surface area (TPSA) is 64.5 Å². The number of oxime groups is 1. The summed E-state index contributed by atoms with van der Waals surface area (Å²) in [6, 6.07) is 0.0841. The fourth-order valence-corrected chi connectivity index (χ4v) is 3.63. The molecule has 2 aliphatic carbocycles. The number of aromatic nitrogens is 2. The van der Waals surface area contributed by atoms with Gasteiger partial charge in [-0.1, -0.05) is 5.16 Å². The fraction of sp³-hybridized carbons (Fsp3) is 0.714. The second-order valence-corrected chi connectivity index (χ2v) is 5.67. The van der Waals surface area contributed by atoms with Crippen LogP contribution < -0.4 is 4.73 Å². The normalized spacial score (nSPS) is 25.5. The number of fused-ring (bicyclic) bond motifs is 1. The average molecular weight is 263 g/mol. The molecule has 19 heavy (non-hydrogen) atoms. The molecule has 1 fully saturated rings. The zero-order valence-corrected chi connectivity index (χ0v) is 11.4. The summed E-state index contributed by atoms with van der Waals surface area (Å²) in [6.07, 6.45) is 8.13. The summed E-state index contributed by atoms with van der Waals surface area (Å²) in [5.74, 6) is 0.750. The van der Waals surface area contributed by atoms with Crippen LogP contribution in [0.1, 0.15) is 61.8 Å². The molecule has 0 radical (unpaired) electrons. The van der Waals surface area contributed by atoms with Crippen molar-refractivity contribution in [3.63, 3.8) is 0 Å². The Morgan fingerprint density at radius 3 is 2.74 bits per heavy atom. The molecule has 0 spiro atoms. The number of hydrogen-bond acceptors (Lipinski definition) is 3. The monoisotopic (exact) mass is 263 g/mol. The lowest BCUT2D eigenvalue weighted by Crippen LogP contribution is -2.34. The van der Waals surface area contributed by atoms with E-state index in [1.807, 2.05) is 6.92 Å². The summed E-state index contributed by atoms with van der Waals surface area (Å²) >= 11 is 0. The van der Waals surface area contributed by atoms with E-state index in [-0.39, 0.29) is 6.04 Å². The Morgan fingerprint density at radius 2 is 1.95 bits per heavy atom. The van der Waals surface area contributed by atoms with E-state index in [2.05, 4.69) is 9.72 Å². The predicted octanol–water partition coefficient (Wildman–Crippen LogP) is 2.25. The minimum absolute atomic E-state index is 0.0841. The third-order valence-electron chi connectivity index (χ3n) is 4.57. The predicted molar refractivity (Wildman–Crippen MR) is 71.5 cm³/mol. The van der Waals surface area contributed by atoms with Crippen LogP contribution in [0.25, 0.3) is 0 Å². The first kappa shape index (κ1) is 12.5. The molecular formula is C14H21N3O2. The standard InChI is InChI=1S/C14H21N3O2/c1-10-16(12-7-3-2-6-11(12)15-18)13-8-4-5-9-14(13)17(10)19/h12,18H,2-9H2,1H3. The Morgan fingerprint density at radius 1 is 1.21 bits per heavy atom. The highest BCUT2D eigenvalue weighted by atomic mass is 16.5. The molecule has 1 N–H and O–H groups in total. The Balaban J connectivity index is 2.09. The maximum Gasteiger partial charge on any atom is 0.257 e. The van der Waals surface area contributed by atoms with Gasteiger partial charge in [-0.05, 0) is 38.5 Å². The maximum absolute atomic E-state index is 12.3. The van der Waals surface area contributed by atoms with E-state index in [9.17, 15) is 10.4 Å². The number of nitrogens with zero attached hydrogens (tertiary/aromatic N) is 3. The molecule has 2 aliphatic rings. The maximum atomic E-state index is 12.3. The quantitative estimate of drug-likeness (QED) is 0.365. The van der Waals surface area contributed by atoms with Crippen LogP contribution in [0.3, 0.4) is 0 Å². The zero-order chi connectivity index (χ0) is 13.4. The molecule has 0 aliphatic heterocycles. The highest BCUT2D eigenvalue weighted by Crippen LogP contribution is 2.31. The number of imidazole rings is 1. The van der Waals surface area contributed by atoms with Crippen LogP contribution in [0.5, 0.6) is 0 Å². The third-order valence-corrected chi connectivity index (χ3v) is 4.57. The molecule has 0 bridgehead atoms. The van der Waals surface area contributed by atoms with Crippen molar-refractivity contribution in [2.75, 3.05) is 0 Å². The second kappa shape index (κ2) is 4.87. The smallest absolute Gasteiger partial charge is 0.257 e. The highest BCUT2D eigenvalue weighted by Gasteiger charge is 2.35. The van der Waals surface area contributed by atoms with Gasteiger partial charge in [0.05, 0.1) is 0 Å². The minimum Gasteiger partial charge on any atom is -0.711 e. The van der Waals surface area contributed by atoms with Crippen LogP contribution in [-0.4, -0.2) is 15.5 Å². The van der Waals surface area contributed by atoms with Crippen molar-refractivity contribution >= 4 is 5.71 Å². The molecule has 1 heterocycles. The van der Waals surface area contributed by atoms with E-state index in [1.54, 1.807) is 0 Å². The van der Waals surface area contributed by atoms with Crippen LogP contribution >= 0.6 is 0 Å². The first-order chi connectivity index (χ1) is 9.24. The van der Waals surface area contributed by atoms with Gasteiger partial charge < -0.3 is 10.4 Å². The van der Waals surface area contributed by atoms with Gasteiger partial charge in [-0.25, -0.2) is 9.30 Å². The molecule has 5 heteroatoms. The van der Waals surface area contributed by atoms with Gasteiger partial charge in [-0.2, -0.15) is 0 Å². The lowest BCUT2D eigenvalue weighted by Gasteiger charge is -2.23. The van der Waals surface area contributed by atoms with Crippen LogP contribution in [0.2, 0.25) is 0 Å². The van der Waals surface area contributed by atoms with Gasteiger partial charge in [-0.15, -0.1) is 0 Å². The van der Waals surface area contributed by atoms with Gasteiger partial charge in [0.15, 0.2) is 0 Å². The average Bonchev–Trinajstić information content (AvgIpc) is 2.71. The Bertz CT molecular complexity index is 519. The van der Waals surface area contributed by atoms with Crippen LogP contribution in [0.4, 0.5) is 0 Å². The summed E-state index contributed by atoms with van der Waals surface area (Å²) in [6.45, 7) is 1.88. The first-order valence-corrected chi connectivity index (χ1v) is 7.27. The lowest BCUT2D eigenvalue weighted by molar-refractivity contribution is -0.620. The van der Waals surface area contributed by atoms with Gasteiger partial charge in [0.1, 0.15) is 23.1 Å². The summed E-state index contributed by atoms with van der Waals surface area (Å²) in [7, 11) is 0. The van der Waals surface area contributed by atoms with Crippen molar-refractivity contribution in [3.05, 3.63) is 22.4 Å². The van der Waals surface area contributed by atoms with Crippen molar-refractivity contribution in [1.29, 1.82) is 0 Å². The zero-order valence-electron chi connectivity index (χ0n) is 11.4. The van der Waals surface area contributed by atoms with Gasteiger partial charge in [-0.3, -0.25) is 0 Å². The molecule has 1 saturated carbocycles. The van der Waals surface area contributed by atoms with E-state index in [1.165, 1.54) is 5.69 Å². The molecule has 0 amide bonds. The fourth-order valence-electron chi connectivity index (χ4n) is 3.63. The van der Waals surface area contributed by atoms with Crippen LogP contribution in [-0.2, 0) is 12.8 Å². The molecule has 5 nitrogen and oxygen atoms in total. The van der Waals surface area contributed by atoms with E-state index in [4.69, 9.17) is 0 Å². The molecule has 3 rings (SSSR count). The molecule has 0 saturated heterocycles. The summed E-state index contributed by atoms with van der Waals surface area (Å²) in [4.78, 5) is 0. The molecule has 1 atom stereocenters. The molecule has 0 aromatic carbocycles. The van der Waals surface area contributed by atoms with E-state index in [0.717, 1.165) is 73.3 Å². The van der Waals surface area contributed by atoms with Crippen molar-refractivity contribution < 1.29 is 9.94 Å². The van der Waals surface area contributed by atoms with Crippen molar-refractivity contribution in [2.45, 2.75) is 64.3 Å².